The minimum Gasteiger partial charge on any atom is -0.383 e. The molecule has 2 aromatic rings. The van der Waals surface area contributed by atoms with Gasteiger partial charge in [0.05, 0.1) is 16.7 Å². The maximum atomic E-state index is 12.2. The number of hydrogen-bond donors (Lipinski definition) is 2. The highest BCUT2D eigenvalue weighted by Gasteiger charge is 2.18. The molecule has 0 bridgehead atoms. The first kappa shape index (κ1) is 14.4. The number of rotatable bonds is 4. The third-order valence-corrected chi connectivity index (χ3v) is 2.76. The molecule has 0 saturated heterocycles. The second-order valence-corrected chi connectivity index (χ2v) is 4.59. The van der Waals surface area contributed by atoms with E-state index >= 15 is 0 Å². The lowest BCUT2D eigenvalue weighted by molar-refractivity contribution is -0.385. The van der Waals surface area contributed by atoms with E-state index in [2.05, 4.69) is 15.4 Å². The van der Waals surface area contributed by atoms with Gasteiger partial charge in [0.15, 0.2) is 0 Å². The van der Waals surface area contributed by atoms with E-state index in [4.69, 9.17) is 5.73 Å². The van der Waals surface area contributed by atoms with Crippen LogP contribution in [-0.4, -0.2) is 25.6 Å². The Hall–Kier alpha value is -2.97. The van der Waals surface area contributed by atoms with Crippen molar-refractivity contribution in [1.82, 2.24) is 14.8 Å². The van der Waals surface area contributed by atoms with Gasteiger partial charge in [-0.25, -0.2) is 9.67 Å². The van der Waals surface area contributed by atoms with E-state index in [1.54, 1.807) is 16.9 Å². The zero-order chi connectivity index (χ0) is 15.6. The molecule has 3 N–H and O–H groups in total. The molecule has 0 aromatic carbocycles. The van der Waals surface area contributed by atoms with Gasteiger partial charge in [0.1, 0.15) is 17.8 Å². The van der Waals surface area contributed by atoms with E-state index in [1.165, 1.54) is 0 Å². The summed E-state index contributed by atoms with van der Waals surface area (Å²) in [5.74, 6) is -0.180. The number of nitrogens with zero attached hydrogens (tertiary/aromatic N) is 4. The molecule has 9 nitrogen and oxygen atoms in total. The smallest absolute Gasteiger partial charge is 0.288 e. The zero-order valence-electron chi connectivity index (χ0n) is 11.5. The summed E-state index contributed by atoms with van der Waals surface area (Å²) in [5.41, 5.74) is 5.25. The topological polar surface area (TPSA) is 129 Å². The molecule has 2 rings (SSSR count). The highest BCUT2D eigenvalue weighted by Crippen LogP contribution is 2.19. The Morgan fingerprint density at radius 2 is 2.24 bits per heavy atom. The average molecular weight is 290 g/mol. The summed E-state index contributed by atoms with van der Waals surface area (Å²) in [6, 6.07) is 2.77. The van der Waals surface area contributed by atoms with Crippen molar-refractivity contribution < 1.29 is 9.72 Å². The van der Waals surface area contributed by atoms with Crippen LogP contribution in [-0.2, 0) is 0 Å². The van der Waals surface area contributed by atoms with Crippen molar-refractivity contribution in [3.05, 3.63) is 40.2 Å². The normalized spacial score (nSPS) is 10.6. The summed E-state index contributed by atoms with van der Waals surface area (Å²) in [4.78, 5) is 25.9. The van der Waals surface area contributed by atoms with E-state index in [0.29, 0.717) is 5.82 Å². The van der Waals surface area contributed by atoms with Crippen molar-refractivity contribution in [3.8, 4) is 0 Å². The molecule has 0 aliphatic heterocycles. The van der Waals surface area contributed by atoms with E-state index in [-0.39, 0.29) is 23.1 Å². The molecule has 0 aliphatic rings. The number of amides is 1. The average Bonchev–Trinajstić information content (AvgIpc) is 2.87. The summed E-state index contributed by atoms with van der Waals surface area (Å²) < 4.78 is 1.61. The number of anilines is 2. The lowest BCUT2D eigenvalue weighted by Crippen LogP contribution is -2.18. The van der Waals surface area contributed by atoms with Crippen LogP contribution in [0.15, 0.2) is 24.5 Å². The SMILES string of the molecule is CC(C)n1nccc1NC(=O)c1cc([N+](=O)[O-])cnc1N. The van der Waals surface area contributed by atoms with E-state index in [9.17, 15) is 14.9 Å². The van der Waals surface area contributed by atoms with E-state index in [0.717, 1.165) is 12.3 Å². The minimum absolute atomic E-state index is 0.0517. The lowest BCUT2D eigenvalue weighted by Gasteiger charge is -2.12. The standard InChI is InChI=1S/C12H14N6O3/c1-7(2)17-10(3-4-15-17)16-12(19)9-5-8(18(20)21)6-14-11(9)13/h3-7H,1-2H3,(H2,13,14)(H,16,19). The Balaban J connectivity index is 2.30. The molecular weight excluding hydrogens is 276 g/mol. The maximum absolute atomic E-state index is 12.2. The highest BCUT2D eigenvalue weighted by atomic mass is 16.6. The van der Waals surface area contributed by atoms with Crippen LogP contribution < -0.4 is 11.1 Å². The summed E-state index contributed by atoms with van der Waals surface area (Å²) in [6.45, 7) is 3.82. The van der Waals surface area contributed by atoms with Crippen molar-refractivity contribution in [2.75, 3.05) is 11.1 Å². The number of nitrogen functional groups attached to an aromatic ring is 1. The van der Waals surface area contributed by atoms with Crippen molar-refractivity contribution in [2.45, 2.75) is 19.9 Å². The largest absolute Gasteiger partial charge is 0.383 e. The second-order valence-electron chi connectivity index (χ2n) is 4.59. The lowest BCUT2D eigenvalue weighted by atomic mass is 10.2. The van der Waals surface area contributed by atoms with Crippen LogP contribution in [0.5, 0.6) is 0 Å². The molecule has 21 heavy (non-hydrogen) atoms. The Labute approximate surface area is 119 Å². The third-order valence-electron chi connectivity index (χ3n) is 2.76. The van der Waals surface area contributed by atoms with E-state index in [1.807, 2.05) is 13.8 Å². The van der Waals surface area contributed by atoms with Crippen LogP contribution in [0, 0.1) is 10.1 Å². The quantitative estimate of drug-likeness (QED) is 0.650. The van der Waals surface area contributed by atoms with Gasteiger partial charge in [0, 0.05) is 18.2 Å². The van der Waals surface area contributed by atoms with Crippen molar-refractivity contribution in [3.63, 3.8) is 0 Å². The predicted molar refractivity (Wildman–Crippen MR) is 75.9 cm³/mol. The number of pyridine rings is 1. The van der Waals surface area contributed by atoms with Crippen LogP contribution in [0.1, 0.15) is 30.2 Å². The number of carbonyl (C=O) groups is 1. The number of carbonyl (C=O) groups excluding carboxylic acids is 1. The fourth-order valence-corrected chi connectivity index (χ4v) is 1.75. The predicted octanol–water partition coefficient (Wildman–Crippen LogP) is 1.60. The Morgan fingerprint density at radius 1 is 1.52 bits per heavy atom. The van der Waals surface area contributed by atoms with Gasteiger partial charge < -0.3 is 11.1 Å². The first-order valence-corrected chi connectivity index (χ1v) is 6.15. The van der Waals surface area contributed by atoms with Gasteiger partial charge in [0.2, 0.25) is 0 Å². The maximum Gasteiger partial charge on any atom is 0.288 e. The third kappa shape index (κ3) is 2.96. The molecule has 0 atom stereocenters. The van der Waals surface area contributed by atoms with Crippen molar-refractivity contribution in [2.24, 2.45) is 0 Å². The molecular formula is C12H14N6O3. The first-order chi connectivity index (χ1) is 9.90. The number of hydrogen-bond acceptors (Lipinski definition) is 6. The fraction of sp³-hybridized carbons (Fsp3) is 0.250. The zero-order valence-corrected chi connectivity index (χ0v) is 11.5. The van der Waals surface area contributed by atoms with Gasteiger partial charge in [-0.1, -0.05) is 0 Å². The number of aromatic nitrogens is 3. The van der Waals surface area contributed by atoms with Crippen LogP contribution in [0.25, 0.3) is 0 Å². The molecule has 1 amide bonds. The molecule has 0 saturated carbocycles. The van der Waals surface area contributed by atoms with Gasteiger partial charge in [0.25, 0.3) is 11.6 Å². The van der Waals surface area contributed by atoms with Crippen LogP contribution in [0.3, 0.4) is 0 Å². The van der Waals surface area contributed by atoms with Gasteiger partial charge in [-0.3, -0.25) is 14.9 Å². The fourth-order valence-electron chi connectivity index (χ4n) is 1.75. The summed E-state index contributed by atoms with van der Waals surface area (Å²) >= 11 is 0. The molecule has 0 unspecified atom stereocenters. The second kappa shape index (κ2) is 5.57. The van der Waals surface area contributed by atoms with Crippen LogP contribution in [0.2, 0.25) is 0 Å². The molecule has 0 spiro atoms. The van der Waals surface area contributed by atoms with Crippen molar-refractivity contribution in [1.29, 1.82) is 0 Å². The van der Waals surface area contributed by atoms with Crippen LogP contribution in [0.4, 0.5) is 17.3 Å². The molecule has 110 valence electrons. The van der Waals surface area contributed by atoms with E-state index < -0.39 is 10.8 Å². The molecule has 0 radical (unpaired) electrons. The minimum atomic E-state index is -0.637. The number of nitrogens with one attached hydrogen (secondary N) is 1. The molecule has 2 heterocycles. The summed E-state index contributed by atoms with van der Waals surface area (Å²) in [6.07, 6.45) is 2.55. The molecule has 0 fully saturated rings. The summed E-state index contributed by atoms with van der Waals surface area (Å²) in [7, 11) is 0. The van der Waals surface area contributed by atoms with Crippen molar-refractivity contribution >= 4 is 23.2 Å². The molecule has 9 heteroatoms. The van der Waals surface area contributed by atoms with Gasteiger partial charge in [-0.2, -0.15) is 5.10 Å². The van der Waals surface area contributed by atoms with Crippen LogP contribution >= 0.6 is 0 Å². The number of nitro groups is 1. The first-order valence-electron chi connectivity index (χ1n) is 6.15. The monoisotopic (exact) mass is 290 g/mol. The molecule has 0 aliphatic carbocycles. The Morgan fingerprint density at radius 3 is 2.86 bits per heavy atom. The highest BCUT2D eigenvalue weighted by molar-refractivity contribution is 6.07. The van der Waals surface area contributed by atoms with Gasteiger partial charge >= 0.3 is 0 Å². The Bertz CT molecular complexity index is 694. The molecule has 2 aromatic heterocycles. The number of nitrogens with two attached hydrogens (primary N) is 1. The Kier molecular flexibility index (Phi) is 3.83. The van der Waals surface area contributed by atoms with Gasteiger partial charge in [-0.05, 0) is 13.8 Å². The summed E-state index contributed by atoms with van der Waals surface area (Å²) in [5, 5.41) is 17.4. The van der Waals surface area contributed by atoms with Gasteiger partial charge in [-0.15, -0.1) is 0 Å².